The second-order valence-corrected chi connectivity index (χ2v) is 4.24. The summed E-state index contributed by atoms with van der Waals surface area (Å²) in [5, 5.41) is 10.5. The van der Waals surface area contributed by atoms with Gasteiger partial charge in [-0.25, -0.2) is 0 Å². The van der Waals surface area contributed by atoms with Crippen molar-refractivity contribution < 1.29 is 14.6 Å². The predicted molar refractivity (Wildman–Crippen MR) is 68.8 cm³/mol. The first-order valence-corrected chi connectivity index (χ1v) is 6.13. The number of hydrogen-bond acceptors (Lipinski definition) is 3. The van der Waals surface area contributed by atoms with Gasteiger partial charge in [0, 0.05) is 24.7 Å². The molecule has 17 heavy (non-hydrogen) atoms. The Labute approximate surface area is 107 Å². The highest BCUT2D eigenvalue weighted by Gasteiger charge is 2.10. The Morgan fingerprint density at radius 3 is 2.82 bits per heavy atom. The summed E-state index contributed by atoms with van der Waals surface area (Å²) >= 11 is 5.92. The molecule has 3 nitrogen and oxygen atoms in total. The lowest BCUT2D eigenvalue weighted by atomic mass is 10.0. The zero-order valence-electron chi connectivity index (χ0n) is 10.3. The third-order valence-corrected chi connectivity index (χ3v) is 2.73. The minimum atomic E-state index is -0.436. The van der Waals surface area contributed by atoms with E-state index in [0.717, 1.165) is 11.3 Å². The van der Waals surface area contributed by atoms with Crippen LogP contribution in [0.15, 0.2) is 18.2 Å². The van der Waals surface area contributed by atoms with E-state index in [1.54, 1.807) is 13.2 Å². The van der Waals surface area contributed by atoms with Crippen LogP contribution in [0.1, 0.15) is 18.9 Å². The Bertz CT molecular complexity index is 341. The maximum absolute atomic E-state index is 9.86. The van der Waals surface area contributed by atoms with E-state index >= 15 is 0 Å². The summed E-state index contributed by atoms with van der Waals surface area (Å²) in [6, 6.07) is 5.41. The largest absolute Gasteiger partial charge is 0.496 e. The summed E-state index contributed by atoms with van der Waals surface area (Å²) in [6.45, 7) is 3.18. The number of aliphatic hydroxyl groups excluding tert-OH is 1. The normalized spacial score (nSPS) is 12.5. The predicted octanol–water partition coefficient (Wildman–Crippen LogP) is 2.68. The van der Waals surface area contributed by atoms with Crippen molar-refractivity contribution in [2.75, 3.05) is 20.3 Å². The van der Waals surface area contributed by atoms with Crippen LogP contribution in [0.25, 0.3) is 0 Å². The molecule has 0 aliphatic rings. The summed E-state index contributed by atoms with van der Waals surface area (Å²) in [5.41, 5.74) is 0.920. The van der Waals surface area contributed by atoms with Crippen LogP contribution in [-0.2, 0) is 11.2 Å². The lowest BCUT2D eigenvalue weighted by Gasteiger charge is -2.13. The monoisotopic (exact) mass is 258 g/mol. The molecule has 0 aromatic heterocycles. The second kappa shape index (κ2) is 7.54. The highest BCUT2D eigenvalue weighted by molar-refractivity contribution is 6.30. The van der Waals surface area contributed by atoms with Gasteiger partial charge in [-0.2, -0.15) is 0 Å². The number of aliphatic hydroxyl groups is 1. The quantitative estimate of drug-likeness (QED) is 0.765. The minimum Gasteiger partial charge on any atom is -0.496 e. The lowest BCUT2D eigenvalue weighted by Crippen LogP contribution is -2.14. The molecule has 0 spiro atoms. The third kappa shape index (κ3) is 4.94. The maximum Gasteiger partial charge on any atom is 0.122 e. The summed E-state index contributed by atoms with van der Waals surface area (Å²) in [7, 11) is 1.61. The van der Waals surface area contributed by atoms with Gasteiger partial charge in [0.15, 0.2) is 0 Å². The first-order valence-electron chi connectivity index (χ1n) is 5.75. The Morgan fingerprint density at radius 1 is 1.41 bits per heavy atom. The molecular weight excluding hydrogens is 240 g/mol. The van der Waals surface area contributed by atoms with Crippen LogP contribution in [0.5, 0.6) is 5.75 Å². The standard InChI is InChI=1S/C13H19ClO3/c1-3-17-7-6-12(15)9-10-8-11(14)4-5-13(10)16-2/h4-5,8,12,15H,3,6-7,9H2,1-2H3. The fraction of sp³-hybridized carbons (Fsp3) is 0.538. The number of hydrogen-bond donors (Lipinski definition) is 1. The number of ether oxygens (including phenoxy) is 2. The first-order chi connectivity index (χ1) is 8.17. The average molecular weight is 259 g/mol. The van der Waals surface area contributed by atoms with Gasteiger partial charge in [0.1, 0.15) is 5.75 Å². The van der Waals surface area contributed by atoms with Gasteiger partial charge in [0.2, 0.25) is 0 Å². The first kappa shape index (κ1) is 14.3. The molecule has 1 aromatic carbocycles. The van der Waals surface area contributed by atoms with Gasteiger partial charge < -0.3 is 14.6 Å². The van der Waals surface area contributed by atoms with Gasteiger partial charge in [-0.15, -0.1) is 0 Å². The van der Waals surface area contributed by atoms with Crippen LogP contribution >= 0.6 is 11.6 Å². The van der Waals surface area contributed by atoms with Crippen molar-refractivity contribution in [2.24, 2.45) is 0 Å². The fourth-order valence-corrected chi connectivity index (χ4v) is 1.82. The zero-order valence-corrected chi connectivity index (χ0v) is 11.0. The topological polar surface area (TPSA) is 38.7 Å². The van der Waals surface area contributed by atoms with Crippen LogP contribution < -0.4 is 4.74 Å². The molecule has 0 radical (unpaired) electrons. The highest BCUT2D eigenvalue weighted by atomic mass is 35.5. The van der Waals surface area contributed by atoms with E-state index in [9.17, 15) is 5.11 Å². The number of halogens is 1. The van der Waals surface area contributed by atoms with Gasteiger partial charge in [0.05, 0.1) is 13.2 Å². The molecule has 0 amide bonds. The molecule has 4 heteroatoms. The molecular formula is C13H19ClO3. The number of benzene rings is 1. The molecule has 0 fully saturated rings. The minimum absolute atomic E-state index is 0.436. The van der Waals surface area contributed by atoms with Crippen molar-refractivity contribution in [2.45, 2.75) is 25.9 Å². The van der Waals surface area contributed by atoms with E-state index in [-0.39, 0.29) is 0 Å². The van der Waals surface area contributed by atoms with Crippen molar-refractivity contribution in [3.05, 3.63) is 28.8 Å². The molecule has 0 aliphatic carbocycles. The zero-order chi connectivity index (χ0) is 12.7. The van der Waals surface area contributed by atoms with Crippen LogP contribution in [-0.4, -0.2) is 31.5 Å². The van der Waals surface area contributed by atoms with Crippen molar-refractivity contribution in [3.63, 3.8) is 0 Å². The van der Waals surface area contributed by atoms with E-state index in [1.807, 2.05) is 19.1 Å². The van der Waals surface area contributed by atoms with Crippen LogP contribution in [0.4, 0.5) is 0 Å². The third-order valence-electron chi connectivity index (χ3n) is 2.50. The van der Waals surface area contributed by atoms with Crippen molar-refractivity contribution >= 4 is 11.6 Å². The smallest absolute Gasteiger partial charge is 0.122 e. The molecule has 96 valence electrons. The maximum atomic E-state index is 9.86. The highest BCUT2D eigenvalue weighted by Crippen LogP contribution is 2.24. The van der Waals surface area contributed by atoms with Crippen molar-refractivity contribution in [1.82, 2.24) is 0 Å². The number of rotatable bonds is 7. The van der Waals surface area contributed by atoms with Crippen molar-refractivity contribution in [3.8, 4) is 5.75 Å². The summed E-state index contributed by atoms with van der Waals surface area (Å²) in [5.74, 6) is 0.754. The van der Waals surface area contributed by atoms with Crippen molar-refractivity contribution in [1.29, 1.82) is 0 Å². The second-order valence-electron chi connectivity index (χ2n) is 3.80. The molecule has 1 aromatic rings. The van der Waals surface area contributed by atoms with Gasteiger partial charge >= 0.3 is 0 Å². The molecule has 0 heterocycles. The molecule has 0 aliphatic heterocycles. The van der Waals surface area contributed by atoms with E-state index in [0.29, 0.717) is 31.1 Å². The molecule has 0 bridgehead atoms. The molecule has 1 N–H and O–H groups in total. The van der Waals surface area contributed by atoms with Gasteiger partial charge in [-0.3, -0.25) is 0 Å². The number of methoxy groups -OCH3 is 1. The molecule has 1 unspecified atom stereocenters. The van der Waals surface area contributed by atoms with Crippen LogP contribution in [0.2, 0.25) is 5.02 Å². The summed E-state index contributed by atoms with van der Waals surface area (Å²) in [4.78, 5) is 0. The molecule has 0 saturated carbocycles. The Kier molecular flexibility index (Phi) is 6.34. The van der Waals surface area contributed by atoms with E-state index in [4.69, 9.17) is 21.1 Å². The Morgan fingerprint density at radius 2 is 2.18 bits per heavy atom. The molecule has 0 saturated heterocycles. The Hall–Kier alpha value is -0.770. The Balaban J connectivity index is 2.57. The van der Waals surface area contributed by atoms with Crippen LogP contribution in [0, 0.1) is 0 Å². The fourth-order valence-electron chi connectivity index (χ4n) is 1.63. The summed E-state index contributed by atoms with van der Waals surface area (Å²) in [6.07, 6.45) is 0.703. The van der Waals surface area contributed by atoms with E-state index < -0.39 is 6.10 Å². The van der Waals surface area contributed by atoms with Crippen LogP contribution in [0.3, 0.4) is 0 Å². The van der Waals surface area contributed by atoms with E-state index in [1.165, 1.54) is 0 Å². The lowest BCUT2D eigenvalue weighted by molar-refractivity contribution is 0.0884. The van der Waals surface area contributed by atoms with Gasteiger partial charge in [-0.05, 0) is 37.1 Å². The van der Waals surface area contributed by atoms with Gasteiger partial charge in [0.25, 0.3) is 0 Å². The molecule has 1 rings (SSSR count). The van der Waals surface area contributed by atoms with Gasteiger partial charge in [-0.1, -0.05) is 11.6 Å². The SMILES string of the molecule is CCOCCC(O)Cc1cc(Cl)ccc1OC. The molecule has 1 atom stereocenters. The van der Waals surface area contributed by atoms with E-state index in [2.05, 4.69) is 0 Å². The summed E-state index contributed by atoms with van der Waals surface area (Å²) < 4.78 is 10.4. The average Bonchev–Trinajstić information content (AvgIpc) is 2.29.